The molecule has 3 aromatic rings. The first kappa shape index (κ1) is 25.2. The molecule has 0 aromatic heterocycles. The molecule has 0 saturated heterocycles. The number of unbranched alkanes of at least 4 members (excludes halogenated alkanes) is 4. The summed E-state index contributed by atoms with van der Waals surface area (Å²) in [7, 11) is 0. The van der Waals surface area contributed by atoms with E-state index in [-0.39, 0.29) is 12.3 Å². The summed E-state index contributed by atoms with van der Waals surface area (Å²) in [6.07, 6.45) is 7.56. The van der Waals surface area contributed by atoms with Crippen LogP contribution in [0.25, 0.3) is 0 Å². The molecule has 0 saturated carbocycles. The molecule has 194 valence electrons. The van der Waals surface area contributed by atoms with Crippen LogP contribution < -0.4 is 14.2 Å². The second kappa shape index (κ2) is 12.2. The summed E-state index contributed by atoms with van der Waals surface area (Å²) in [5.74, 6) is 2.74. The Labute approximate surface area is 221 Å². The number of fused-ring (bicyclic) bond motifs is 3. The van der Waals surface area contributed by atoms with Gasteiger partial charge in [-0.15, -0.1) is 0 Å². The zero-order valence-electron chi connectivity index (χ0n) is 22.1. The average Bonchev–Trinajstić information content (AvgIpc) is 3.39. The molecule has 5 nitrogen and oxygen atoms in total. The van der Waals surface area contributed by atoms with Crippen molar-refractivity contribution in [3.05, 3.63) is 89.5 Å². The lowest BCUT2D eigenvalue weighted by atomic mass is 9.96. The molecule has 0 bridgehead atoms. The quantitative estimate of drug-likeness (QED) is 0.237. The van der Waals surface area contributed by atoms with Crippen LogP contribution in [-0.4, -0.2) is 23.9 Å². The SMILES string of the molecule is CCCCCCOc1ccc([C@H]2Oc3ccccc3[C@H]3CC(c4ccc(OCCCC)cc4)=NN32)cc1. The third-order valence-electron chi connectivity index (χ3n) is 7.09. The minimum absolute atomic E-state index is 0.139. The Morgan fingerprint density at radius 2 is 1.46 bits per heavy atom. The second-order valence-electron chi connectivity index (χ2n) is 9.86. The molecular weight excluding hydrogens is 460 g/mol. The van der Waals surface area contributed by atoms with E-state index < -0.39 is 0 Å². The van der Waals surface area contributed by atoms with Gasteiger partial charge in [-0.1, -0.05) is 57.7 Å². The molecular formula is C32H38N2O3. The fourth-order valence-corrected chi connectivity index (χ4v) is 4.95. The standard InChI is InChI=1S/C32H38N2O3/c1-3-5-7-10-22-36-27-19-15-25(16-20-27)32-34-30(28-11-8-9-12-31(28)37-32)23-29(33-34)24-13-17-26(18-14-24)35-21-6-4-2/h8-9,11-20,30,32H,3-7,10,21-23H2,1-2H3/t30-,32-/m1/s1. The molecule has 5 rings (SSSR count). The third-order valence-corrected chi connectivity index (χ3v) is 7.09. The molecule has 2 heterocycles. The molecule has 2 atom stereocenters. The molecule has 0 N–H and O–H groups in total. The molecule has 0 fully saturated rings. The van der Waals surface area contributed by atoms with Crippen LogP contribution in [0.4, 0.5) is 0 Å². The van der Waals surface area contributed by atoms with E-state index in [0.717, 1.165) is 73.0 Å². The first-order valence-corrected chi connectivity index (χ1v) is 13.8. The van der Waals surface area contributed by atoms with Crippen LogP contribution >= 0.6 is 0 Å². The van der Waals surface area contributed by atoms with Crippen LogP contribution in [0.1, 0.15) is 87.8 Å². The van der Waals surface area contributed by atoms with Gasteiger partial charge in [-0.3, -0.25) is 0 Å². The Bertz CT molecular complexity index is 1170. The molecule has 5 heteroatoms. The van der Waals surface area contributed by atoms with Crippen molar-refractivity contribution >= 4 is 5.71 Å². The first-order chi connectivity index (χ1) is 18.3. The largest absolute Gasteiger partial charge is 0.494 e. The summed E-state index contributed by atoms with van der Waals surface area (Å²) in [6, 6.07) is 25.1. The Morgan fingerprint density at radius 3 is 2.19 bits per heavy atom. The number of hydrogen-bond acceptors (Lipinski definition) is 5. The molecule has 2 aliphatic heterocycles. The minimum Gasteiger partial charge on any atom is -0.494 e. The molecule has 0 unspecified atom stereocenters. The van der Waals surface area contributed by atoms with Gasteiger partial charge in [0.1, 0.15) is 17.2 Å². The van der Waals surface area contributed by atoms with E-state index in [1.54, 1.807) is 0 Å². The number of ether oxygens (including phenoxy) is 3. The number of para-hydroxylation sites is 1. The van der Waals surface area contributed by atoms with Gasteiger partial charge in [0.2, 0.25) is 6.23 Å². The number of rotatable bonds is 12. The zero-order chi connectivity index (χ0) is 25.5. The highest BCUT2D eigenvalue weighted by atomic mass is 16.5. The van der Waals surface area contributed by atoms with E-state index in [0.29, 0.717) is 0 Å². The van der Waals surface area contributed by atoms with Crippen molar-refractivity contribution in [3.63, 3.8) is 0 Å². The van der Waals surface area contributed by atoms with E-state index in [1.807, 2.05) is 30.3 Å². The summed E-state index contributed by atoms with van der Waals surface area (Å²) in [5.41, 5.74) is 4.45. The highest BCUT2D eigenvalue weighted by molar-refractivity contribution is 6.02. The predicted molar refractivity (Wildman–Crippen MR) is 148 cm³/mol. The topological polar surface area (TPSA) is 43.3 Å². The summed E-state index contributed by atoms with van der Waals surface area (Å²) in [4.78, 5) is 0. The molecule has 0 amide bonds. The van der Waals surface area contributed by atoms with Crippen molar-refractivity contribution < 1.29 is 14.2 Å². The highest BCUT2D eigenvalue weighted by Crippen LogP contribution is 2.47. The van der Waals surface area contributed by atoms with Gasteiger partial charge in [0, 0.05) is 17.5 Å². The van der Waals surface area contributed by atoms with E-state index in [2.05, 4.69) is 61.3 Å². The zero-order valence-corrected chi connectivity index (χ0v) is 22.1. The van der Waals surface area contributed by atoms with Crippen molar-refractivity contribution in [1.29, 1.82) is 0 Å². The maximum absolute atomic E-state index is 6.51. The van der Waals surface area contributed by atoms with Crippen molar-refractivity contribution in [2.75, 3.05) is 13.2 Å². The van der Waals surface area contributed by atoms with Crippen LogP contribution in [0.2, 0.25) is 0 Å². The lowest BCUT2D eigenvalue weighted by molar-refractivity contribution is -0.0190. The van der Waals surface area contributed by atoms with Crippen molar-refractivity contribution in [3.8, 4) is 17.2 Å². The minimum atomic E-state index is -0.285. The number of nitrogens with zero attached hydrogens (tertiary/aromatic N) is 2. The van der Waals surface area contributed by atoms with E-state index in [4.69, 9.17) is 19.3 Å². The van der Waals surface area contributed by atoms with Crippen LogP contribution in [0, 0.1) is 0 Å². The molecule has 3 aromatic carbocycles. The Kier molecular flexibility index (Phi) is 8.29. The van der Waals surface area contributed by atoms with Gasteiger partial charge in [-0.2, -0.15) is 5.10 Å². The summed E-state index contributed by atoms with van der Waals surface area (Å²) >= 11 is 0. The van der Waals surface area contributed by atoms with Gasteiger partial charge in [-0.05, 0) is 73.0 Å². The fourth-order valence-electron chi connectivity index (χ4n) is 4.95. The number of hydrogen-bond donors (Lipinski definition) is 0. The Balaban J connectivity index is 1.33. The molecule has 0 spiro atoms. The second-order valence-corrected chi connectivity index (χ2v) is 9.86. The van der Waals surface area contributed by atoms with E-state index >= 15 is 0 Å². The van der Waals surface area contributed by atoms with Crippen molar-refractivity contribution in [2.45, 2.75) is 71.1 Å². The van der Waals surface area contributed by atoms with Crippen LogP contribution in [0.15, 0.2) is 77.9 Å². The molecule has 37 heavy (non-hydrogen) atoms. The number of hydrazone groups is 1. The van der Waals surface area contributed by atoms with Crippen LogP contribution in [-0.2, 0) is 0 Å². The van der Waals surface area contributed by atoms with Gasteiger partial charge < -0.3 is 14.2 Å². The molecule has 2 aliphatic rings. The Hall–Kier alpha value is -3.47. The predicted octanol–water partition coefficient (Wildman–Crippen LogP) is 8.07. The van der Waals surface area contributed by atoms with Crippen LogP contribution in [0.3, 0.4) is 0 Å². The van der Waals surface area contributed by atoms with E-state index in [1.165, 1.54) is 24.8 Å². The number of benzene rings is 3. The average molecular weight is 499 g/mol. The first-order valence-electron chi connectivity index (χ1n) is 13.8. The van der Waals surface area contributed by atoms with Crippen molar-refractivity contribution in [1.82, 2.24) is 5.01 Å². The van der Waals surface area contributed by atoms with Gasteiger partial charge in [0.05, 0.1) is 25.0 Å². The monoisotopic (exact) mass is 498 g/mol. The maximum atomic E-state index is 6.51. The van der Waals surface area contributed by atoms with E-state index in [9.17, 15) is 0 Å². The van der Waals surface area contributed by atoms with Gasteiger partial charge in [0.25, 0.3) is 0 Å². The maximum Gasteiger partial charge on any atom is 0.213 e. The van der Waals surface area contributed by atoms with Crippen molar-refractivity contribution in [2.24, 2.45) is 5.10 Å². The molecule has 0 aliphatic carbocycles. The van der Waals surface area contributed by atoms with Gasteiger partial charge in [0.15, 0.2) is 0 Å². The lowest BCUT2D eigenvalue weighted by Gasteiger charge is -2.38. The highest BCUT2D eigenvalue weighted by Gasteiger charge is 2.40. The molecule has 0 radical (unpaired) electrons. The smallest absolute Gasteiger partial charge is 0.213 e. The summed E-state index contributed by atoms with van der Waals surface area (Å²) in [5, 5.41) is 7.22. The normalized spacial score (nSPS) is 18.0. The van der Waals surface area contributed by atoms with Gasteiger partial charge in [-0.25, -0.2) is 5.01 Å². The lowest BCUT2D eigenvalue weighted by Crippen LogP contribution is -2.33. The third kappa shape index (κ3) is 5.93. The Morgan fingerprint density at radius 1 is 0.784 bits per heavy atom. The van der Waals surface area contributed by atoms with Crippen LogP contribution in [0.5, 0.6) is 17.2 Å². The summed E-state index contributed by atoms with van der Waals surface area (Å²) in [6.45, 7) is 5.91. The summed E-state index contributed by atoms with van der Waals surface area (Å²) < 4.78 is 18.3. The fraction of sp³-hybridized carbons (Fsp3) is 0.406. The van der Waals surface area contributed by atoms with Gasteiger partial charge >= 0.3 is 0 Å².